The fraction of sp³-hybridized carbons (Fsp3) is 0.455. The van der Waals surface area contributed by atoms with Crippen molar-refractivity contribution in [3.63, 3.8) is 0 Å². The lowest BCUT2D eigenvalue weighted by Crippen LogP contribution is -2.19. The first-order chi connectivity index (χ1) is 7.36. The Morgan fingerprint density at radius 1 is 1.38 bits per heavy atom. The van der Waals surface area contributed by atoms with Gasteiger partial charge in [-0.2, -0.15) is 13.2 Å². The fourth-order valence-corrected chi connectivity index (χ4v) is 1.56. The first-order valence-corrected chi connectivity index (χ1v) is 4.85. The predicted octanol–water partition coefficient (Wildman–Crippen LogP) is 2.60. The van der Waals surface area contributed by atoms with Crippen LogP contribution < -0.4 is 10.5 Å². The van der Waals surface area contributed by atoms with Crippen molar-refractivity contribution in [3.8, 4) is 5.75 Å². The van der Waals surface area contributed by atoms with Gasteiger partial charge >= 0.3 is 6.18 Å². The van der Waals surface area contributed by atoms with Gasteiger partial charge in [0.25, 0.3) is 0 Å². The van der Waals surface area contributed by atoms with Crippen LogP contribution >= 0.6 is 0 Å². The molecule has 0 amide bonds. The van der Waals surface area contributed by atoms with Crippen LogP contribution in [0.25, 0.3) is 0 Å². The van der Waals surface area contributed by atoms with Crippen molar-refractivity contribution in [1.29, 1.82) is 0 Å². The molecule has 1 atom stereocenters. The lowest BCUT2D eigenvalue weighted by molar-refractivity contribution is -0.138. The van der Waals surface area contributed by atoms with Gasteiger partial charge in [-0.05, 0) is 25.0 Å². The standard InChI is InChI=1S/C11H14F3NO/c1-7(15)6-8-4-3-5-9(10(8)16-2)11(12,13)14/h3-5,7H,6,15H2,1-2H3/t7-/m1/s1. The monoisotopic (exact) mass is 233 g/mol. The molecule has 0 unspecified atom stereocenters. The molecule has 0 saturated carbocycles. The van der Waals surface area contributed by atoms with E-state index < -0.39 is 11.7 Å². The molecular formula is C11H14F3NO. The highest BCUT2D eigenvalue weighted by molar-refractivity contribution is 5.43. The predicted molar refractivity (Wildman–Crippen MR) is 55.3 cm³/mol. The summed E-state index contributed by atoms with van der Waals surface area (Å²) in [6.45, 7) is 1.74. The second-order valence-corrected chi connectivity index (χ2v) is 3.68. The molecule has 90 valence electrons. The number of alkyl halides is 3. The Morgan fingerprint density at radius 3 is 2.44 bits per heavy atom. The van der Waals surface area contributed by atoms with E-state index in [9.17, 15) is 13.2 Å². The number of methoxy groups -OCH3 is 1. The van der Waals surface area contributed by atoms with Crippen LogP contribution in [-0.4, -0.2) is 13.2 Å². The number of halogens is 3. The van der Waals surface area contributed by atoms with E-state index in [0.717, 1.165) is 6.07 Å². The molecule has 0 fully saturated rings. The highest BCUT2D eigenvalue weighted by atomic mass is 19.4. The zero-order chi connectivity index (χ0) is 12.3. The average Bonchev–Trinajstić information content (AvgIpc) is 2.15. The van der Waals surface area contributed by atoms with Crippen molar-refractivity contribution in [3.05, 3.63) is 29.3 Å². The van der Waals surface area contributed by atoms with Crippen LogP contribution in [0.2, 0.25) is 0 Å². The molecule has 0 spiro atoms. The van der Waals surface area contributed by atoms with Crippen LogP contribution in [-0.2, 0) is 12.6 Å². The molecule has 0 aromatic heterocycles. The van der Waals surface area contributed by atoms with Gasteiger partial charge in [-0.3, -0.25) is 0 Å². The molecule has 0 bridgehead atoms. The molecule has 2 nitrogen and oxygen atoms in total. The minimum Gasteiger partial charge on any atom is -0.496 e. The summed E-state index contributed by atoms with van der Waals surface area (Å²) in [4.78, 5) is 0. The van der Waals surface area contributed by atoms with Gasteiger partial charge in [0.2, 0.25) is 0 Å². The number of para-hydroxylation sites is 1. The Hall–Kier alpha value is -1.23. The van der Waals surface area contributed by atoms with E-state index in [-0.39, 0.29) is 11.8 Å². The first kappa shape index (κ1) is 12.8. The van der Waals surface area contributed by atoms with E-state index in [0.29, 0.717) is 12.0 Å². The molecule has 0 saturated heterocycles. The van der Waals surface area contributed by atoms with Gasteiger partial charge in [-0.15, -0.1) is 0 Å². The molecule has 0 radical (unpaired) electrons. The van der Waals surface area contributed by atoms with Crippen molar-refractivity contribution in [1.82, 2.24) is 0 Å². The number of benzene rings is 1. The number of hydrogen-bond acceptors (Lipinski definition) is 2. The van der Waals surface area contributed by atoms with Crippen LogP contribution in [0.5, 0.6) is 5.75 Å². The fourth-order valence-electron chi connectivity index (χ4n) is 1.56. The van der Waals surface area contributed by atoms with Gasteiger partial charge in [-0.1, -0.05) is 12.1 Å². The molecule has 1 aromatic rings. The maximum Gasteiger partial charge on any atom is 0.419 e. The average molecular weight is 233 g/mol. The lowest BCUT2D eigenvalue weighted by atomic mass is 10.0. The van der Waals surface area contributed by atoms with Crippen molar-refractivity contribution < 1.29 is 17.9 Å². The smallest absolute Gasteiger partial charge is 0.419 e. The Kier molecular flexibility index (Phi) is 3.80. The lowest BCUT2D eigenvalue weighted by Gasteiger charge is -2.16. The van der Waals surface area contributed by atoms with Crippen LogP contribution in [0.15, 0.2) is 18.2 Å². The third-order valence-electron chi connectivity index (χ3n) is 2.15. The highest BCUT2D eigenvalue weighted by Gasteiger charge is 2.35. The van der Waals surface area contributed by atoms with E-state index in [4.69, 9.17) is 10.5 Å². The Morgan fingerprint density at radius 2 is 2.00 bits per heavy atom. The van der Waals surface area contributed by atoms with Crippen molar-refractivity contribution >= 4 is 0 Å². The van der Waals surface area contributed by atoms with E-state index in [1.165, 1.54) is 13.2 Å². The summed E-state index contributed by atoms with van der Waals surface area (Å²) in [6, 6.07) is 3.75. The summed E-state index contributed by atoms with van der Waals surface area (Å²) in [7, 11) is 1.23. The number of nitrogens with two attached hydrogens (primary N) is 1. The Bertz CT molecular complexity index is 361. The summed E-state index contributed by atoms with van der Waals surface area (Å²) in [6.07, 6.45) is -4.05. The van der Waals surface area contributed by atoms with Crippen LogP contribution in [0.4, 0.5) is 13.2 Å². The topological polar surface area (TPSA) is 35.2 Å². The molecule has 2 N–H and O–H groups in total. The van der Waals surface area contributed by atoms with E-state index in [1.54, 1.807) is 13.0 Å². The summed E-state index contributed by atoms with van der Waals surface area (Å²) in [5.74, 6) is -0.132. The number of hydrogen-bond donors (Lipinski definition) is 1. The normalized spacial score (nSPS) is 13.6. The molecule has 0 heterocycles. The maximum absolute atomic E-state index is 12.6. The van der Waals surface area contributed by atoms with Gasteiger partial charge in [0.1, 0.15) is 5.75 Å². The third-order valence-corrected chi connectivity index (χ3v) is 2.15. The van der Waals surface area contributed by atoms with Crippen LogP contribution in [0, 0.1) is 0 Å². The highest BCUT2D eigenvalue weighted by Crippen LogP contribution is 2.38. The quantitative estimate of drug-likeness (QED) is 0.870. The SMILES string of the molecule is COc1c(C[C@@H](C)N)cccc1C(F)(F)F. The second kappa shape index (κ2) is 4.74. The molecule has 16 heavy (non-hydrogen) atoms. The van der Waals surface area contributed by atoms with Gasteiger partial charge in [-0.25, -0.2) is 0 Å². The zero-order valence-corrected chi connectivity index (χ0v) is 9.14. The van der Waals surface area contributed by atoms with E-state index in [1.807, 2.05) is 0 Å². The number of ether oxygens (including phenoxy) is 1. The molecule has 1 rings (SSSR count). The van der Waals surface area contributed by atoms with Gasteiger partial charge in [0, 0.05) is 6.04 Å². The minimum absolute atomic E-state index is 0.132. The molecule has 0 aliphatic carbocycles. The molecule has 1 aromatic carbocycles. The van der Waals surface area contributed by atoms with Crippen molar-refractivity contribution in [2.24, 2.45) is 5.73 Å². The first-order valence-electron chi connectivity index (χ1n) is 4.85. The van der Waals surface area contributed by atoms with Crippen LogP contribution in [0.1, 0.15) is 18.1 Å². The Balaban J connectivity index is 3.21. The third kappa shape index (κ3) is 2.88. The maximum atomic E-state index is 12.6. The van der Waals surface area contributed by atoms with Crippen molar-refractivity contribution in [2.45, 2.75) is 25.6 Å². The zero-order valence-electron chi connectivity index (χ0n) is 9.14. The van der Waals surface area contributed by atoms with E-state index >= 15 is 0 Å². The Labute approximate surface area is 92.2 Å². The summed E-state index contributed by atoms with van der Waals surface area (Å²) in [5.41, 5.74) is 5.29. The number of rotatable bonds is 3. The minimum atomic E-state index is -4.40. The summed E-state index contributed by atoms with van der Waals surface area (Å²) in [5, 5.41) is 0. The van der Waals surface area contributed by atoms with Crippen molar-refractivity contribution in [2.75, 3.05) is 7.11 Å². The molecule has 0 aliphatic heterocycles. The largest absolute Gasteiger partial charge is 0.496 e. The van der Waals surface area contributed by atoms with Gasteiger partial charge < -0.3 is 10.5 Å². The molecule has 5 heteroatoms. The molecule has 0 aliphatic rings. The van der Waals surface area contributed by atoms with Crippen LogP contribution in [0.3, 0.4) is 0 Å². The summed E-state index contributed by atoms with van der Waals surface area (Å²) < 4.78 is 42.8. The van der Waals surface area contributed by atoms with Gasteiger partial charge in [0.15, 0.2) is 0 Å². The van der Waals surface area contributed by atoms with Gasteiger partial charge in [0.05, 0.1) is 12.7 Å². The molecular weight excluding hydrogens is 219 g/mol. The van der Waals surface area contributed by atoms with E-state index in [2.05, 4.69) is 0 Å². The second-order valence-electron chi connectivity index (χ2n) is 3.68. The summed E-state index contributed by atoms with van der Waals surface area (Å²) >= 11 is 0.